The monoisotopic (exact) mass is 322 g/mol. The summed E-state index contributed by atoms with van der Waals surface area (Å²) in [4.78, 5) is 14.9. The normalized spacial score (nSPS) is 18.4. The number of nitrogens with zero attached hydrogens (tertiary/aromatic N) is 1. The first-order valence-electron chi connectivity index (χ1n) is 8.56. The lowest BCUT2D eigenvalue weighted by Crippen LogP contribution is -2.47. The van der Waals surface area contributed by atoms with Crippen LogP contribution >= 0.6 is 0 Å². The Balaban J connectivity index is 1.78. The van der Waals surface area contributed by atoms with Crippen molar-refractivity contribution in [1.29, 1.82) is 0 Å². The number of carbonyl (C=O) groups is 1. The van der Waals surface area contributed by atoms with Crippen molar-refractivity contribution < 1.29 is 9.21 Å². The number of likely N-dealkylation sites (tertiary alicyclic amines) is 1. The molecular formula is C20H22N2O2. The number of carbonyl (C=O) groups excluding carboxylic acids is 1. The summed E-state index contributed by atoms with van der Waals surface area (Å²) >= 11 is 0. The van der Waals surface area contributed by atoms with Gasteiger partial charge in [-0.2, -0.15) is 0 Å². The van der Waals surface area contributed by atoms with Crippen LogP contribution in [-0.2, 0) is 0 Å². The molecule has 0 aliphatic carbocycles. The number of hydrogen-bond acceptors (Lipinski definition) is 3. The summed E-state index contributed by atoms with van der Waals surface area (Å²) in [5, 5.41) is 6.50. The summed E-state index contributed by atoms with van der Waals surface area (Å²) < 4.78 is 6.08. The van der Waals surface area contributed by atoms with Gasteiger partial charge in [-0.15, -0.1) is 0 Å². The average molecular weight is 322 g/mol. The molecule has 1 aliphatic rings. The van der Waals surface area contributed by atoms with Crippen LogP contribution in [0.15, 0.2) is 40.8 Å². The van der Waals surface area contributed by atoms with Gasteiger partial charge in [0.05, 0.1) is 0 Å². The molecule has 1 fully saturated rings. The second-order valence-electron chi connectivity index (χ2n) is 6.60. The Morgan fingerprint density at radius 3 is 2.88 bits per heavy atom. The number of rotatable bonds is 2. The number of likely N-dealkylation sites (N-methyl/N-ethyl adjacent to an activating group) is 1. The van der Waals surface area contributed by atoms with Crippen LogP contribution in [0.1, 0.15) is 29.0 Å². The van der Waals surface area contributed by atoms with Crippen LogP contribution < -0.4 is 5.32 Å². The quantitative estimate of drug-likeness (QED) is 0.782. The highest BCUT2D eigenvalue weighted by atomic mass is 16.3. The maximum absolute atomic E-state index is 13.0. The Morgan fingerprint density at radius 2 is 2.04 bits per heavy atom. The lowest BCUT2D eigenvalue weighted by atomic mass is 10.0. The van der Waals surface area contributed by atoms with Crippen molar-refractivity contribution in [2.24, 2.45) is 0 Å². The van der Waals surface area contributed by atoms with E-state index in [1.807, 2.05) is 37.1 Å². The molecule has 1 amide bonds. The van der Waals surface area contributed by atoms with Crippen molar-refractivity contribution in [1.82, 2.24) is 10.2 Å². The first-order valence-corrected chi connectivity index (χ1v) is 8.56. The largest absolute Gasteiger partial charge is 0.450 e. The van der Waals surface area contributed by atoms with Crippen molar-refractivity contribution in [3.05, 3.63) is 47.7 Å². The van der Waals surface area contributed by atoms with Crippen molar-refractivity contribution in [2.75, 3.05) is 20.1 Å². The van der Waals surface area contributed by atoms with E-state index in [-0.39, 0.29) is 5.91 Å². The van der Waals surface area contributed by atoms with E-state index in [2.05, 4.69) is 23.5 Å². The van der Waals surface area contributed by atoms with Crippen molar-refractivity contribution in [3.63, 3.8) is 0 Å². The highest BCUT2D eigenvalue weighted by molar-refractivity contribution is 6.08. The van der Waals surface area contributed by atoms with E-state index < -0.39 is 0 Å². The molecule has 4 nitrogen and oxygen atoms in total. The zero-order chi connectivity index (χ0) is 16.7. The Kier molecular flexibility index (Phi) is 3.77. The first kappa shape index (κ1) is 15.2. The molecule has 124 valence electrons. The van der Waals surface area contributed by atoms with Crippen LogP contribution in [0.2, 0.25) is 0 Å². The molecule has 0 bridgehead atoms. The van der Waals surface area contributed by atoms with E-state index >= 15 is 0 Å². The third kappa shape index (κ3) is 2.38. The zero-order valence-corrected chi connectivity index (χ0v) is 14.1. The fourth-order valence-corrected chi connectivity index (χ4v) is 3.69. The Labute approximate surface area is 141 Å². The summed E-state index contributed by atoms with van der Waals surface area (Å²) in [6.07, 6.45) is 2.14. The topological polar surface area (TPSA) is 45.5 Å². The van der Waals surface area contributed by atoms with Crippen LogP contribution in [-0.4, -0.2) is 37.0 Å². The van der Waals surface area contributed by atoms with E-state index in [0.717, 1.165) is 53.2 Å². The summed E-state index contributed by atoms with van der Waals surface area (Å²) in [5.74, 6) is 0.492. The molecule has 1 aromatic heterocycles. The van der Waals surface area contributed by atoms with Gasteiger partial charge in [0.1, 0.15) is 5.58 Å². The van der Waals surface area contributed by atoms with Gasteiger partial charge in [-0.3, -0.25) is 4.79 Å². The minimum atomic E-state index is 0.00716. The van der Waals surface area contributed by atoms with Crippen LogP contribution in [0.5, 0.6) is 0 Å². The lowest BCUT2D eigenvalue weighted by molar-refractivity contribution is 0.0667. The molecule has 1 saturated heterocycles. The molecule has 24 heavy (non-hydrogen) atoms. The number of amides is 1. The highest BCUT2D eigenvalue weighted by Gasteiger charge is 2.28. The third-order valence-electron chi connectivity index (χ3n) is 5.14. The van der Waals surface area contributed by atoms with E-state index in [9.17, 15) is 4.79 Å². The number of aryl methyl sites for hydroxylation is 1. The smallest absolute Gasteiger partial charge is 0.289 e. The average Bonchev–Trinajstić information content (AvgIpc) is 2.98. The van der Waals surface area contributed by atoms with Gasteiger partial charge in [-0.05, 0) is 32.2 Å². The number of piperidine rings is 1. The molecule has 2 heterocycles. The predicted molar refractivity (Wildman–Crippen MR) is 96.4 cm³/mol. The van der Waals surface area contributed by atoms with Gasteiger partial charge < -0.3 is 14.6 Å². The van der Waals surface area contributed by atoms with E-state index in [4.69, 9.17) is 4.42 Å². The Hall–Kier alpha value is -2.33. The first-order chi connectivity index (χ1) is 11.7. The summed E-state index contributed by atoms with van der Waals surface area (Å²) in [7, 11) is 1.96. The number of furan rings is 1. The molecule has 4 heteroatoms. The molecule has 0 saturated carbocycles. The molecule has 0 radical (unpaired) electrons. The predicted octanol–water partition coefficient (Wildman–Crippen LogP) is 3.72. The van der Waals surface area contributed by atoms with Gasteiger partial charge in [-0.1, -0.05) is 36.4 Å². The Bertz CT molecular complexity index is 913. The maximum Gasteiger partial charge on any atom is 0.289 e. The highest BCUT2D eigenvalue weighted by Crippen LogP contribution is 2.32. The summed E-state index contributed by atoms with van der Waals surface area (Å²) in [6, 6.07) is 12.6. The zero-order valence-electron chi connectivity index (χ0n) is 14.1. The van der Waals surface area contributed by atoms with Crippen LogP contribution in [0.25, 0.3) is 21.7 Å². The van der Waals surface area contributed by atoms with Crippen molar-refractivity contribution in [3.8, 4) is 0 Å². The molecule has 1 aliphatic heterocycles. The molecule has 1 unspecified atom stereocenters. The van der Waals surface area contributed by atoms with Gasteiger partial charge >= 0.3 is 0 Å². The maximum atomic E-state index is 13.0. The summed E-state index contributed by atoms with van der Waals surface area (Å²) in [5.41, 5.74) is 1.75. The second-order valence-corrected chi connectivity index (χ2v) is 6.60. The van der Waals surface area contributed by atoms with E-state index in [1.165, 1.54) is 0 Å². The van der Waals surface area contributed by atoms with Crippen molar-refractivity contribution in [2.45, 2.75) is 25.8 Å². The molecule has 1 atom stereocenters. The van der Waals surface area contributed by atoms with Gasteiger partial charge in [-0.25, -0.2) is 0 Å². The number of hydrogen-bond donors (Lipinski definition) is 1. The van der Waals surface area contributed by atoms with Crippen LogP contribution in [0, 0.1) is 6.92 Å². The third-order valence-corrected chi connectivity index (χ3v) is 5.14. The van der Waals surface area contributed by atoms with Gasteiger partial charge in [0.2, 0.25) is 0 Å². The van der Waals surface area contributed by atoms with E-state index in [0.29, 0.717) is 11.8 Å². The van der Waals surface area contributed by atoms with Crippen LogP contribution in [0.4, 0.5) is 0 Å². The minimum Gasteiger partial charge on any atom is -0.450 e. The Morgan fingerprint density at radius 1 is 1.21 bits per heavy atom. The van der Waals surface area contributed by atoms with Crippen molar-refractivity contribution >= 4 is 27.6 Å². The standard InChI is InChI=1S/C20H22N2O2/c1-13-16-10-9-14-6-3-4-8-17(14)19(16)24-18(13)20(23)22-11-5-7-15(12-22)21-2/h3-4,6,8-10,15,21H,5,7,11-12H2,1-2H3. The minimum absolute atomic E-state index is 0.00716. The number of benzene rings is 2. The molecule has 1 N–H and O–H groups in total. The second kappa shape index (κ2) is 5.95. The number of fused-ring (bicyclic) bond motifs is 3. The molecule has 4 rings (SSSR count). The number of nitrogens with one attached hydrogen (secondary N) is 1. The van der Waals surface area contributed by atoms with Gasteiger partial charge in [0, 0.05) is 35.5 Å². The fraction of sp³-hybridized carbons (Fsp3) is 0.350. The summed E-state index contributed by atoms with van der Waals surface area (Å²) in [6.45, 7) is 3.52. The molecule has 3 aromatic rings. The molecule has 0 spiro atoms. The molecular weight excluding hydrogens is 300 g/mol. The van der Waals surface area contributed by atoms with Crippen LogP contribution in [0.3, 0.4) is 0 Å². The van der Waals surface area contributed by atoms with E-state index in [1.54, 1.807) is 0 Å². The molecule has 2 aromatic carbocycles. The van der Waals surface area contributed by atoms with Gasteiger partial charge in [0.15, 0.2) is 5.76 Å². The fourth-order valence-electron chi connectivity index (χ4n) is 3.69. The lowest BCUT2D eigenvalue weighted by Gasteiger charge is -2.32. The SMILES string of the molecule is CNC1CCCN(C(=O)c2oc3c(ccc4ccccc43)c2C)C1. The van der Waals surface area contributed by atoms with Gasteiger partial charge in [0.25, 0.3) is 5.91 Å².